The van der Waals surface area contributed by atoms with Crippen LogP contribution in [0.3, 0.4) is 0 Å². The molecule has 2 N–H and O–H groups in total. The molecule has 0 aromatic heterocycles. The van der Waals surface area contributed by atoms with Crippen LogP contribution in [0.1, 0.15) is 32.1 Å². The van der Waals surface area contributed by atoms with Gasteiger partial charge < -0.3 is 10.6 Å². The summed E-state index contributed by atoms with van der Waals surface area (Å²) in [5.74, 6) is 0. The van der Waals surface area contributed by atoms with Crippen LogP contribution >= 0.6 is 0 Å². The van der Waals surface area contributed by atoms with E-state index in [1.807, 2.05) is 0 Å². The van der Waals surface area contributed by atoms with Crippen LogP contribution in [0.4, 0.5) is 0 Å². The van der Waals surface area contributed by atoms with Crippen LogP contribution in [0.25, 0.3) is 0 Å². The van der Waals surface area contributed by atoms with Crippen LogP contribution in [0, 0.1) is 0 Å². The van der Waals surface area contributed by atoms with Crippen molar-refractivity contribution < 1.29 is 0 Å². The van der Waals surface area contributed by atoms with Crippen molar-refractivity contribution in [2.75, 3.05) is 46.8 Å². The molecule has 0 spiro atoms. The zero-order valence-electron chi connectivity index (χ0n) is 12.6. The third-order valence-corrected chi connectivity index (χ3v) is 5.37. The number of nitrogens with two attached hydrogens (primary N) is 1. The number of hydrogen-bond acceptors (Lipinski definition) is 4. The van der Waals surface area contributed by atoms with Gasteiger partial charge in [0.15, 0.2) is 0 Å². The Morgan fingerprint density at radius 2 is 2.00 bits per heavy atom. The molecule has 3 fully saturated rings. The van der Waals surface area contributed by atoms with Crippen molar-refractivity contribution in [2.24, 2.45) is 5.73 Å². The average molecular weight is 266 g/mol. The molecule has 2 aliphatic heterocycles. The summed E-state index contributed by atoms with van der Waals surface area (Å²) in [4.78, 5) is 7.81. The number of hydrogen-bond donors (Lipinski definition) is 1. The van der Waals surface area contributed by atoms with Gasteiger partial charge in [-0.1, -0.05) is 0 Å². The fraction of sp³-hybridized carbons (Fsp3) is 1.00. The maximum absolute atomic E-state index is 6.24. The molecule has 4 heteroatoms. The van der Waals surface area contributed by atoms with Gasteiger partial charge in [-0.2, -0.15) is 0 Å². The molecule has 19 heavy (non-hydrogen) atoms. The topological polar surface area (TPSA) is 35.7 Å². The molecule has 2 heterocycles. The van der Waals surface area contributed by atoms with E-state index in [4.69, 9.17) is 5.73 Å². The van der Waals surface area contributed by atoms with Gasteiger partial charge in [0, 0.05) is 43.8 Å². The molecule has 0 bridgehead atoms. The lowest BCUT2D eigenvalue weighted by Crippen LogP contribution is -2.58. The third kappa shape index (κ3) is 2.68. The molecule has 4 nitrogen and oxygen atoms in total. The highest BCUT2D eigenvalue weighted by molar-refractivity contribution is 5.06. The van der Waals surface area contributed by atoms with E-state index < -0.39 is 0 Å². The van der Waals surface area contributed by atoms with Crippen LogP contribution in [0.5, 0.6) is 0 Å². The summed E-state index contributed by atoms with van der Waals surface area (Å²) < 4.78 is 0. The fourth-order valence-electron chi connectivity index (χ4n) is 4.23. The maximum Gasteiger partial charge on any atom is 0.0474 e. The number of nitrogens with zero attached hydrogens (tertiary/aromatic N) is 3. The summed E-state index contributed by atoms with van der Waals surface area (Å²) in [6.07, 6.45) is 6.82. The van der Waals surface area contributed by atoms with Gasteiger partial charge in [0.1, 0.15) is 0 Å². The molecule has 0 radical (unpaired) electrons. The maximum atomic E-state index is 6.24. The molecule has 2 unspecified atom stereocenters. The minimum atomic E-state index is 0.278. The van der Waals surface area contributed by atoms with E-state index in [2.05, 4.69) is 28.8 Å². The van der Waals surface area contributed by atoms with Gasteiger partial charge in [-0.25, -0.2) is 0 Å². The molecular weight excluding hydrogens is 236 g/mol. The van der Waals surface area contributed by atoms with Crippen molar-refractivity contribution in [1.82, 2.24) is 14.7 Å². The normalized spacial score (nSPS) is 37.6. The van der Waals surface area contributed by atoms with Crippen molar-refractivity contribution >= 4 is 0 Å². The predicted molar refractivity (Wildman–Crippen MR) is 79.3 cm³/mol. The standard InChI is InChI=1S/C15H30N4/c1-17(2)10-14-4-3-8-19(14)15(11-16)7-9-18(12-15)13-5-6-13/h13-14H,3-12,16H2,1-2H3. The Labute approximate surface area is 117 Å². The Hall–Kier alpha value is -0.160. The van der Waals surface area contributed by atoms with Gasteiger partial charge in [-0.15, -0.1) is 0 Å². The van der Waals surface area contributed by atoms with Crippen molar-refractivity contribution in [1.29, 1.82) is 0 Å². The molecule has 1 aliphatic carbocycles. The smallest absolute Gasteiger partial charge is 0.0474 e. The van der Waals surface area contributed by atoms with E-state index in [-0.39, 0.29) is 5.54 Å². The second-order valence-corrected chi connectivity index (χ2v) is 7.13. The zero-order valence-corrected chi connectivity index (χ0v) is 12.6. The van der Waals surface area contributed by atoms with Crippen LogP contribution in [0.2, 0.25) is 0 Å². The Morgan fingerprint density at radius 3 is 2.63 bits per heavy atom. The lowest BCUT2D eigenvalue weighted by molar-refractivity contribution is 0.0719. The van der Waals surface area contributed by atoms with Gasteiger partial charge >= 0.3 is 0 Å². The Kier molecular flexibility index (Phi) is 3.87. The molecular formula is C15H30N4. The summed E-state index contributed by atoms with van der Waals surface area (Å²) in [6, 6.07) is 1.61. The first-order valence-electron chi connectivity index (χ1n) is 8.00. The lowest BCUT2D eigenvalue weighted by Gasteiger charge is -2.42. The first kappa shape index (κ1) is 13.8. The van der Waals surface area contributed by atoms with Gasteiger partial charge in [0.2, 0.25) is 0 Å². The summed E-state index contributed by atoms with van der Waals surface area (Å²) in [5.41, 5.74) is 6.52. The molecule has 0 aromatic carbocycles. The van der Waals surface area contributed by atoms with E-state index in [1.54, 1.807) is 0 Å². The first-order chi connectivity index (χ1) is 9.14. The predicted octanol–water partition coefficient (Wildman–Crippen LogP) is 0.578. The molecule has 3 rings (SSSR count). The van der Waals surface area contributed by atoms with Crippen LogP contribution < -0.4 is 5.73 Å². The van der Waals surface area contributed by atoms with Crippen LogP contribution in [-0.4, -0.2) is 79.1 Å². The highest BCUT2D eigenvalue weighted by atomic mass is 15.3. The monoisotopic (exact) mass is 266 g/mol. The molecule has 0 aromatic rings. The number of likely N-dealkylation sites (tertiary alicyclic amines) is 2. The van der Waals surface area contributed by atoms with E-state index in [1.165, 1.54) is 58.3 Å². The van der Waals surface area contributed by atoms with E-state index >= 15 is 0 Å². The molecule has 2 atom stereocenters. The summed E-state index contributed by atoms with van der Waals surface area (Å²) in [5, 5.41) is 0. The van der Waals surface area contributed by atoms with E-state index in [9.17, 15) is 0 Å². The average Bonchev–Trinajstić information content (AvgIpc) is 2.97. The zero-order chi connectivity index (χ0) is 13.5. The summed E-state index contributed by atoms with van der Waals surface area (Å²) in [7, 11) is 4.38. The largest absolute Gasteiger partial charge is 0.329 e. The second-order valence-electron chi connectivity index (χ2n) is 7.13. The molecule has 3 aliphatic rings. The summed E-state index contributed by atoms with van der Waals surface area (Å²) >= 11 is 0. The number of likely N-dealkylation sites (N-methyl/N-ethyl adjacent to an activating group) is 1. The molecule has 1 saturated carbocycles. The quantitative estimate of drug-likeness (QED) is 0.789. The SMILES string of the molecule is CN(C)CC1CCCN1C1(CN)CCN(C2CC2)C1. The van der Waals surface area contributed by atoms with Crippen molar-refractivity contribution in [3.63, 3.8) is 0 Å². The van der Waals surface area contributed by atoms with Crippen LogP contribution in [-0.2, 0) is 0 Å². The molecule has 0 amide bonds. The van der Waals surface area contributed by atoms with Gasteiger partial charge in [-0.05, 0) is 52.7 Å². The minimum absolute atomic E-state index is 0.278. The van der Waals surface area contributed by atoms with Gasteiger partial charge in [0.05, 0.1) is 0 Å². The molecule has 110 valence electrons. The number of rotatable bonds is 5. The van der Waals surface area contributed by atoms with Gasteiger partial charge in [-0.3, -0.25) is 9.80 Å². The highest BCUT2D eigenvalue weighted by Gasteiger charge is 2.48. The Morgan fingerprint density at radius 1 is 1.21 bits per heavy atom. The highest BCUT2D eigenvalue weighted by Crippen LogP contribution is 2.38. The van der Waals surface area contributed by atoms with E-state index in [0.717, 1.165) is 18.6 Å². The Bertz CT molecular complexity index is 315. The molecule has 2 saturated heterocycles. The Balaban J connectivity index is 1.70. The van der Waals surface area contributed by atoms with Crippen molar-refractivity contribution in [3.8, 4) is 0 Å². The van der Waals surface area contributed by atoms with Crippen LogP contribution in [0.15, 0.2) is 0 Å². The van der Waals surface area contributed by atoms with Gasteiger partial charge in [0.25, 0.3) is 0 Å². The summed E-state index contributed by atoms with van der Waals surface area (Å²) in [6.45, 7) is 5.77. The lowest BCUT2D eigenvalue weighted by atomic mass is 9.95. The minimum Gasteiger partial charge on any atom is -0.329 e. The third-order valence-electron chi connectivity index (χ3n) is 5.37. The van der Waals surface area contributed by atoms with Crippen molar-refractivity contribution in [2.45, 2.75) is 49.7 Å². The van der Waals surface area contributed by atoms with E-state index in [0.29, 0.717) is 0 Å². The second kappa shape index (κ2) is 5.32. The first-order valence-corrected chi connectivity index (χ1v) is 8.00. The van der Waals surface area contributed by atoms with Crippen molar-refractivity contribution in [3.05, 3.63) is 0 Å². The fourth-order valence-corrected chi connectivity index (χ4v) is 4.23.